The van der Waals surface area contributed by atoms with Gasteiger partial charge in [0, 0.05) is 0 Å². The van der Waals surface area contributed by atoms with E-state index in [9.17, 15) is 14.3 Å². The van der Waals surface area contributed by atoms with E-state index in [-0.39, 0.29) is 11.3 Å². The summed E-state index contributed by atoms with van der Waals surface area (Å²) in [4.78, 5) is 11.0. The van der Waals surface area contributed by atoms with Crippen molar-refractivity contribution in [3.05, 3.63) is 29.6 Å². The maximum absolute atomic E-state index is 13.4. The largest absolute Gasteiger partial charge is 0.494 e. The van der Waals surface area contributed by atoms with Crippen molar-refractivity contribution in [2.45, 2.75) is 20.0 Å². The van der Waals surface area contributed by atoms with Gasteiger partial charge >= 0.3 is 5.97 Å². The molecule has 0 radical (unpaired) electrons. The van der Waals surface area contributed by atoms with Crippen molar-refractivity contribution in [3.8, 4) is 5.75 Å². The summed E-state index contributed by atoms with van der Waals surface area (Å²) in [6.45, 7) is 2.75. The molecule has 17 heavy (non-hydrogen) atoms. The van der Waals surface area contributed by atoms with Crippen molar-refractivity contribution >= 4 is 5.97 Å². The normalized spacial score (nSPS) is 13.2. The first-order valence-electron chi connectivity index (χ1n) is 5.05. The highest BCUT2D eigenvalue weighted by molar-refractivity contribution is 5.74. The number of carboxylic acid groups (broad SMARTS) is 1. The van der Waals surface area contributed by atoms with Gasteiger partial charge in [0.25, 0.3) is 0 Å². The van der Waals surface area contributed by atoms with E-state index in [1.807, 2.05) is 0 Å². The minimum Gasteiger partial charge on any atom is -0.494 e. The van der Waals surface area contributed by atoms with Crippen LogP contribution in [0.2, 0.25) is 0 Å². The highest BCUT2D eigenvalue weighted by Crippen LogP contribution is 2.34. The zero-order valence-electron chi connectivity index (χ0n) is 9.90. The number of carboxylic acids is 1. The van der Waals surface area contributed by atoms with Gasteiger partial charge in [-0.25, -0.2) is 4.39 Å². The lowest BCUT2D eigenvalue weighted by atomic mass is 9.83. The van der Waals surface area contributed by atoms with Crippen LogP contribution in [0.4, 0.5) is 4.39 Å². The summed E-state index contributed by atoms with van der Waals surface area (Å²) in [6, 6.07) is 3.87. The zero-order chi connectivity index (χ0) is 13.2. The monoisotopic (exact) mass is 242 g/mol. The van der Waals surface area contributed by atoms with Crippen molar-refractivity contribution < 1.29 is 24.1 Å². The molecule has 0 heterocycles. The fraction of sp³-hybridized carbons (Fsp3) is 0.417. The van der Waals surface area contributed by atoms with Gasteiger partial charge in [0.2, 0.25) is 0 Å². The molecule has 0 bridgehead atoms. The van der Waals surface area contributed by atoms with E-state index in [4.69, 9.17) is 9.84 Å². The Balaban J connectivity index is 3.09. The fourth-order valence-corrected chi connectivity index (χ4v) is 1.39. The number of aliphatic hydroxyl groups is 1. The number of halogens is 1. The van der Waals surface area contributed by atoms with Crippen molar-refractivity contribution in [2.24, 2.45) is 5.41 Å². The second kappa shape index (κ2) is 4.71. The predicted molar refractivity (Wildman–Crippen MR) is 59.3 cm³/mol. The number of rotatable bonds is 4. The molecule has 1 atom stereocenters. The Morgan fingerprint density at radius 2 is 2.06 bits per heavy atom. The van der Waals surface area contributed by atoms with E-state index in [1.165, 1.54) is 33.1 Å². The van der Waals surface area contributed by atoms with Gasteiger partial charge in [-0.05, 0) is 31.5 Å². The molecule has 2 N–H and O–H groups in total. The van der Waals surface area contributed by atoms with Crippen LogP contribution in [0.1, 0.15) is 25.5 Å². The van der Waals surface area contributed by atoms with Gasteiger partial charge in [-0.1, -0.05) is 6.07 Å². The maximum atomic E-state index is 13.4. The first kappa shape index (κ1) is 13.4. The first-order chi connectivity index (χ1) is 7.80. The SMILES string of the molecule is COc1ccc(C(O)C(C)(C)C(=O)O)cc1F. The van der Waals surface area contributed by atoms with Crippen molar-refractivity contribution in [1.29, 1.82) is 0 Å². The molecule has 94 valence electrons. The van der Waals surface area contributed by atoms with Crippen LogP contribution in [0.25, 0.3) is 0 Å². The molecular weight excluding hydrogens is 227 g/mol. The zero-order valence-corrected chi connectivity index (χ0v) is 9.90. The molecule has 0 saturated heterocycles. The topological polar surface area (TPSA) is 66.8 Å². The van der Waals surface area contributed by atoms with Gasteiger partial charge in [-0.3, -0.25) is 4.79 Å². The van der Waals surface area contributed by atoms with Crippen molar-refractivity contribution in [2.75, 3.05) is 7.11 Å². The van der Waals surface area contributed by atoms with Crippen LogP contribution in [-0.4, -0.2) is 23.3 Å². The Hall–Kier alpha value is -1.62. The number of aliphatic hydroxyl groups excluding tert-OH is 1. The summed E-state index contributed by atoms with van der Waals surface area (Å²) in [5, 5.41) is 18.9. The molecule has 4 nitrogen and oxygen atoms in total. The van der Waals surface area contributed by atoms with Crippen LogP contribution < -0.4 is 4.74 Å². The summed E-state index contributed by atoms with van der Waals surface area (Å²) in [5.74, 6) is -1.74. The van der Waals surface area contributed by atoms with Crippen LogP contribution >= 0.6 is 0 Å². The Kier molecular flexibility index (Phi) is 3.72. The summed E-state index contributed by atoms with van der Waals surface area (Å²) in [6.07, 6.45) is -1.29. The average molecular weight is 242 g/mol. The molecule has 1 aromatic carbocycles. The minimum absolute atomic E-state index is 0.0501. The van der Waals surface area contributed by atoms with Crippen molar-refractivity contribution in [3.63, 3.8) is 0 Å². The molecule has 0 aliphatic rings. The summed E-state index contributed by atoms with van der Waals surface area (Å²) in [7, 11) is 1.33. The highest BCUT2D eigenvalue weighted by Gasteiger charge is 2.37. The molecule has 0 amide bonds. The van der Waals surface area contributed by atoms with Gasteiger partial charge in [0.15, 0.2) is 11.6 Å². The molecule has 0 fully saturated rings. The molecule has 0 saturated carbocycles. The number of aliphatic carboxylic acids is 1. The lowest BCUT2D eigenvalue weighted by molar-refractivity contribution is -0.153. The third kappa shape index (κ3) is 2.55. The summed E-state index contributed by atoms with van der Waals surface area (Å²) in [5.41, 5.74) is -1.18. The minimum atomic E-state index is -1.39. The standard InChI is InChI=1S/C12H15FO4/c1-12(2,11(15)16)10(14)7-4-5-9(17-3)8(13)6-7/h4-6,10,14H,1-3H3,(H,15,16). The number of benzene rings is 1. The smallest absolute Gasteiger partial charge is 0.312 e. The Morgan fingerprint density at radius 1 is 1.47 bits per heavy atom. The van der Waals surface area contributed by atoms with Crippen LogP contribution in [0.5, 0.6) is 5.75 Å². The lowest BCUT2D eigenvalue weighted by Gasteiger charge is -2.26. The third-order valence-electron chi connectivity index (χ3n) is 2.73. The van der Waals surface area contributed by atoms with Gasteiger partial charge < -0.3 is 14.9 Å². The Bertz CT molecular complexity index is 429. The van der Waals surface area contributed by atoms with Crippen molar-refractivity contribution in [1.82, 2.24) is 0 Å². The van der Waals surface area contributed by atoms with Gasteiger partial charge in [0.05, 0.1) is 18.6 Å². The molecule has 1 rings (SSSR count). The number of hydrogen-bond acceptors (Lipinski definition) is 3. The second-order valence-electron chi connectivity index (χ2n) is 4.32. The maximum Gasteiger partial charge on any atom is 0.312 e. The molecule has 0 aliphatic heterocycles. The fourth-order valence-electron chi connectivity index (χ4n) is 1.39. The van der Waals surface area contributed by atoms with E-state index in [0.717, 1.165) is 6.07 Å². The summed E-state index contributed by atoms with van der Waals surface area (Å²) >= 11 is 0. The number of carbonyl (C=O) groups is 1. The molecule has 1 unspecified atom stereocenters. The molecular formula is C12H15FO4. The highest BCUT2D eigenvalue weighted by atomic mass is 19.1. The van der Waals surface area contributed by atoms with E-state index in [1.54, 1.807) is 0 Å². The second-order valence-corrected chi connectivity index (χ2v) is 4.32. The van der Waals surface area contributed by atoms with Crippen LogP contribution in [-0.2, 0) is 4.79 Å². The molecule has 1 aromatic rings. The van der Waals surface area contributed by atoms with Gasteiger partial charge in [0.1, 0.15) is 0 Å². The predicted octanol–water partition coefficient (Wildman–Crippen LogP) is 1.98. The van der Waals surface area contributed by atoms with Crippen LogP contribution in [0.15, 0.2) is 18.2 Å². The molecule has 0 spiro atoms. The third-order valence-corrected chi connectivity index (χ3v) is 2.73. The quantitative estimate of drug-likeness (QED) is 0.847. The van der Waals surface area contributed by atoms with Gasteiger partial charge in [-0.2, -0.15) is 0 Å². The lowest BCUT2D eigenvalue weighted by Crippen LogP contribution is -2.31. The molecule has 5 heteroatoms. The van der Waals surface area contributed by atoms with Gasteiger partial charge in [-0.15, -0.1) is 0 Å². The first-order valence-corrected chi connectivity index (χ1v) is 5.05. The van der Waals surface area contributed by atoms with E-state index >= 15 is 0 Å². The van der Waals surface area contributed by atoms with Crippen LogP contribution in [0, 0.1) is 11.2 Å². The van der Waals surface area contributed by atoms with Crippen LogP contribution in [0.3, 0.4) is 0 Å². The Morgan fingerprint density at radius 3 is 2.47 bits per heavy atom. The summed E-state index contributed by atoms with van der Waals surface area (Å²) < 4.78 is 18.2. The number of ether oxygens (including phenoxy) is 1. The van der Waals surface area contributed by atoms with E-state index < -0.39 is 23.3 Å². The number of methoxy groups -OCH3 is 1. The Labute approximate surface area is 98.7 Å². The van der Waals surface area contributed by atoms with E-state index in [2.05, 4.69) is 0 Å². The molecule has 0 aliphatic carbocycles. The number of hydrogen-bond donors (Lipinski definition) is 2. The van der Waals surface area contributed by atoms with E-state index in [0.29, 0.717) is 0 Å². The average Bonchev–Trinajstić information content (AvgIpc) is 2.27. The molecule has 0 aromatic heterocycles.